The molecule has 0 unspecified atom stereocenters. The van der Waals surface area contributed by atoms with Gasteiger partial charge < -0.3 is 9.80 Å². The SMILES string of the molecule is CC1CCN(c2ccc(C(=O)N3CCCCC3)nc2)CC1. The summed E-state index contributed by atoms with van der Waals surface area (Å²) in [6.45, 7) is 6.28. The van der Waals surface area contributed by atoms with Gasteiger partial charge >= 0.3 is 0 Å². The Hall–Kier alpha value is -1.58. The first-order chi connectivity index (χ1) is 10.2. The number of pyridine rings is 1. The number of nitrogens with zero attached hydrogens (tertiary/aromatic N) is 3. The number of amides is 1. The molecule has 4 nitrogen and oxygen atoms in total. The summed E-state index contributed by atoms with van der Waals surface area (Å²) in [7, 11) is 0. The lowest BCUT2D eigenvalue weighted by Gasteiger charge is -2.32. The fourth-order valence-electron chi connectivity index (χ4n) is 3.23. The minimum atomic E-state index is 0.0912. The molecule has 0 aliphatic carbocycles. The molecule has 3 heterocycles. The van der Waals surface area contributed by atoms with Crippen molar-refractivity contribution in [3.63, 3.8) is 0 Å². The van der Waals surface area contributed by atoms with E-state index in [0.29, 0.717) is 5.69 Å². The number of piperidine rings is 2. The maximum Gasteiger partial charge on any atom is 0.272 e. The molecule has 0 aromatic carbocycles. The van der Waals surface area contributed by atoms with E-state index < -0.39 is 0 Å². The van der Waals surface area contributed by atoms with Crippen LogP contribution in [0.4, 0.5) is 5.69 Å². The molecule has 3 rings (SSSR count). The summed E-state index contributed by atoms with van der Waals surface area (Å²) in [6.07, 6.45) is 7.84. The van der Waals surface area contributed by atoms with E-state index in [2.05, 4.69) is 22.9 Å². The summed E-state index contributed by atoms with van der Waals surface area (Å²) >= 11 is 0. The van der Waals surface area contributed by atoms with Gasteiger partial charge in [0, 0.05) is 26.2 Å². The smallest absolute Gasteiger partial charge is 0.272 e. The highest BCUT2D eigenvalue weighted by atomic mass is 16.2. The van der Waals surface area contributed by atoms with Crippen LogP contribution in [0, 0.1) is 5.92 Å². The highest BCUT2D eigenvalue weighted by molar-refractivity contribution is 5.92. The van der Waals surface area contributed by atoms with Crippen LogP contribution in [0.5, 0.6) is 0 Å². The molecule has 0 spiro atoms. The minimum Gasteiger partial charge on any atom is -0.370 e. The molecule has 0 saturated carbocycles. The van der Waals surface area contributed by atoms with Crippen molar-refractivity contribution in [2.75, 3.05) is 31.1 Å². The van der Waals surface area contributed by atoms with Crippen LogP contribution in [-0.2, 0) is 0 Å². The second kappa shape index (κ2) is 6.46. The summed E-state index contributed by atoms with van der Waals surface area (Å²) in [5.41, 5.74) is 1.74. The Morgan fingerprint density at radius 3 is 2.43 bits per heavy atom. The van der Waals surface area contributed by atoms with Crippen LogP contribution in [0.1, 0.15) is 49.5 Å². The van der Waals surface area contributed by atoms with E-state index in [1.807, 2.05) is 17.2 Å². The van der Waals surface area contributed by atoms with Crippen LogP contribution in [0.2, 0.25) is 0 Å². The van der Waals surface area contributed by atoms with Crippen molar-refractivity contribution < 1.29 is 4.79 Å². The summed E-state index contributed by atoms with van der Waals surface area (Å²) in [6, 6.07) is 3.95. The maximum absolute atomic E-state index is 12.4. The first kappa shape index (κ1) is 14.4. The summed E-state index contributed by atoms with van der Waals surface area (Å²) in [5.74, 6) is 0.919. The van der Waals surface area contributed by atoms with Crippen molar-refractivity contribution in [2.24, 2.45) is 5.92 Å². The molecule has 0 atom stereocenters. The van der Waals surface area contributed by atoms with E-state index in [4.69, 9.17) is 0 Å². The average molecular weight is 287 g/mol. The second-order valence-electron chi connectivity index (χ2n) is 6.42. The van der Waals surface area contributed by atoms with Gasteiger partial charge in [0.05, 0.1) is 11.9 Å². The van der Waals surface area contributed by atoms with Gasteiger partial charge in [-0.25, -0.2) is 4.98 Å². The van der Waals surface area contributed by atoms with Gasteiger partial charge in [-0.2, -0.15) is 0 Å². The Balaban J connectivity index is 1.64. The topological polar surface area (TPSA) is 36.4 Å². The Bertz CT molecular complexity index is 471. The minimum absolute atomic E-state index is 0.0912. The van der Waals surface area contributed by atoms with Crippen molar-refractivity contribution >= 4 is 11.6 Å². The Labute approximate surface area is 127 Å². The standard InChI is InChI=1S/C17H25N3O/c1-14-7-11-19(12-8-14)15-5-6-16(18-13-15)17(21)20-9-3-2-4-10-20/h5-6,13-14H,2-4,7-12H2,1H3. The van der Waals surface area contributed by atoms with Crippen LogP contribution < -0.4 is 4.90 Å². The summed E-state index contributed by atoms with van der Waals surface area (Å²) in [4.78, 5) is 21.1. The molecule has 114 valence electrons. The summed E-state index contributed by atoms with van der Waals surface area (Å²) in [5, 5.41) is 0. The van der Waals surface area contributed by atoms with Gasteiger partial charge in [0.2, 0.25) is 0 Å². The van der Waals surface area contributed by atoms with Crippen molar-refractivity contribution in [3.05, 3.63) is 24.0 Å². The van der Waals surface area contributed by atoms with E-state index in [0.717, 1.165) is 50.6 Å². The third kappa shape index (κ3) is 3.36. The summed E-state index contributed by atoms with van der Waals surface area (Å²) < 4.78 is 0. The average Bonchev–Trinajstić information content (AvgIpc) is 2.56. The van der Waals surface area contributed by atoms with Gasteiger partial charge in [0.25, 0.3) is 5.91 Å². The monoisotopic (exact) mass is 287 g/mol. The van der Waals surface area contributed by atoms with Crippen molar-refractivity contribution in [2.45, 2.75) is 39.0 Å². The lowest BCUT2D eigenvalue weighted by Crippen LogP contribution is -2.36. The molecule has 4 heteroatoms. The van der Waals surface area contributed by atoms with Crippen LogP contribution in [-0.4, -0.2) is 42.0 Å². The molecule has 0 N–H and O–H groups in total. The first-order valence-electron chi connectivity index (χ1n) is 8.24. The van der Waals surface area contributed by atoms with E-state index in [9.17, 15) is 4.79 Å². The fraction of sp³-hybridized carbons (Fsp3) is 0.647. The quantitative estimate of drug-likeness (QED) is 0.839. The number of carbonyl (C=O) groups is 1. The number of aromatic nitrogens is 1. The highest BCUT2D eigenvalue weighted by Crippen LogP contribution is 2.22. The second-order valence-corrected chi connectivity index (χ2v) is 6.42. The Morgan fingerprint density at radius 1 is 1.10 bits per heavy atom. The first-order valence-corrected chi connectivity index (χ1v) is 8.24. The van der Waals surface area contributed by atoms with Gasteiger partial charge in [-0.1, -0.05) is 6.92 Å². The van der Waals surface area contributed by atoms with Crippen LogP contribution in [0.25, 0.3) is 0 Å². The number of rotatable bonds is 2. The van der Waals surface area contributed by atoms with E-state index in [1.165, 1.54) is 19.3 Å². The molecular weight excluding hydrogens is 262 g/mol. The number of likely N-dealkylation sites (tertiary alicyclic amines) is 1. The molecule has 1 amide bonds. The zero-order valence-electron chi connectivity index (χ0n) is 12.9. The van der Waals surface area contributed by atoms with Gasteiger partial charge in [0.15, 0.2) is 0 Å². The largest absolute Gasteiger partial charge is 0.370 e. The van der Waals surface area contributed by atoms with Gasteiger partial charge in [-0.05, 0) is 50.2 Å². The van der Waals surface area contributed by atoms with Gasteiger partial charge in [-0.3, -0.25) is 4.79 Å². The number of hydrogen-bond donors (Lipinski definition) is 0. The van der Waals surface area contributed by atoms with Crippen LogP contribution in [0.15, 0.2) is 18.3 Å². The molecule has 2 fully saturated rings. The number of hydrogen-bond acceptors (Lipinski definition) is 3. The zero-order valence-corrected chi connectivity index (χ0v) is 12.9. The van der Waals surface area contributed by atoms with E-state index >= 15 is 0 Å². The molecular formula is C17H25N3O. The molecule has 1 aromatic heterocycles. The van der Waals surface area contributed by atoms with Crippen molar-refractivity contribution in [3.8, 4) is 0 Å². The van der Waals surface area contributed by atoms with Crippen molar-refractivity contribution in [1.29, 1.82) is 0 Å². The molecule has 21 heavy (non-hydrogen) atoms. The molecule has 0 bridgehead atoms. The number of carbonyl (C=O) groups excluding carboxylic acids is 1. The maximum atomic E-state index is 12.4. The Kier molecular flexibility index (Phi) is 4.42. The van der Waals surface area contributed by atoms with Gasteiger partial charge in [0.1, 0.15) is 5.69 Å². The lowest BCUT2D eigenvalue weighted by molar-refractivity contribution is 0.0718. The highest BCUT2D eigenvalue weighted by Gasteiger charge is 2.20. The van der Waals surface area contributed by atoms with Crippen molar-refractivity contribution in [1.82, 2.24) is 9.88 Å². The molecule has 2 saturated heterocycles. The Morgan fingerprint density at radius 2 is 1.81 bits per heavy atom. The van der Waals surface area contributed by atoms with Gasteiger partial charge in [-0.15, -0.1) is 0 Å². The van der Waals surface area contributed by atoms with Crippen LogP contribution in [0.3, 0.4) is 0 Å². The predicted molar refractivity (Wildman–Crippen MR) is 84.6 cm³/mol. The fourth-order valence-corrected chi connectivity index (χ4v) is 3.23. The normalized spacial score (nSPS) is 20.6. The number of anilines is 1. The van der Waals surface area contributed by atoms with E-state index in [-0.39, 0.29) is 5.91 Å². The zero-order chi connectivity index (χ0) is 14.7. The third-order valence-electron chi connectivity index (χ3n) is 4.76. The predicted octanol–water partition coefficient (Wildman–Crippen LogP) is 2.94. The molecule has 2 aliphatic rings. The van der Waals surface area contributed by atoms with Crippen LogP contribution >= 0.6 is 0 Å². The molecule has 1 aromatic rings. The molecule has 0 radical (unpaired) electrons. The molecule has 2 aliphatic heterocycles. The third-order valence-corrected chi connectivity index (χ3v) is 4.76. The van der Waals surface area contributed by atoms with E-state index in [1.54, 1.807) is 0 Å². The lowest BCUT2D eigenvalue weighted by atomic mass is 9.99.